The number of nitrogens with one attached hydrogen (secondary N) is 2. The smallest absolute Gasteiger partial charge is 0.223 e. The van der Waals surface area contributed by atoms with Crippen LogP contribution in [-0.2, 0) is 4.79 Å². The molecule has 3 N–H and O–H groups in total. The van der Waals surface area contributed by atoms with Crippen LogP contribution in [0.25, 0.3) is 0 Å². The Morgan fingerprint density at radius 1 is 1.25 bits per heavy atom. The maximum absolute atomic E-state index is 11.7. The normalized spacial score (nSPS) is 25.6. The fraction of sp³-hybridized carbons (Fsp3) is 0.917. The van der Waals surface area contributed by atoms with Gasteiger partial charge in [-0.15, -0.1) is 0 Å². The first-order chi connectivity index (χ1) is 7.68. The summed E-state index contributed by atoms with van der Waals surface area (Å²) in [6.45, 7) is 1.09. The van der Waals surface area contributed by atoms with Gasteiger partial charge in [0, 0.05) is 19.1 Å². The van der Waals surface area contributed by atoms with Crippen molar-refractivity contribution in [2.75, 3.05) is 13.1 Å². The fourth-order valence-corrected chi connectivity index (χ4v) is 2.54. The molecule has 1 saturated heterocycles. The highest BCUT2D eigenvalue weighted by atomic mass is 16.3. The van der Waals surface area contributed by atoms with Gasteiger partial charge >= 0.3 is 0 Å². The van der Waals surface area contributed by atoms with Gasteiger partial charge in [0.1, 0.15) is 0 Å². The molecule has 0 radical (unpaired) electrons. The summed E-state index contributed by atoms with van der Waals surface area (Å²) in [5.41, 5.74) is -0.783. The zero-order valence-electron chi connectivity index (χ0n) is 9.80. The summed E-state index contributed by atoms with van der Waals surface area (Å²) in [5, 5.41) is 15.9. The summed E-state index contributed by atoms with van der Waals surface area (Å²) < 4.78 is 0. The van der Waals surface area contributed by atoms with E-state index in [1.807, 2.05) is 0 Å². The van der Waals surface area contributed by atoms with E-state index in [9.17, 15) is 9.90 Å². The molecule has 0 aromatic carbocycles. The zero-order valence-corrected chi connectivity index (χ0v) is 9.80. The Bertz CT molecular complexity index is 243. The first-order valence-corrected chi connectivity index (χ1v) is 6.40. The Hall–Kier alpha value is -0.610. The van der Waals surface area contributed by atoms with Gasteiger partial charge in [-0.25, -0.2) is 0 Å². The highest BCUT2D eigenvalue weighted by Crippen LogP contribution is 2.19. The Morgan fingerprint density at radius 3 is 2.38 bits per heavy atom. The zero-order chi connectivity index (χ0) is 11.4. The molecule has 1 aliphatic heterocycles. The molecule has 1 saturated carbocycles. The lowest BCUT2D eigenvalue weighted by atomic mass is 9.92. The van der Waals surface area contributed by atoms with E-state index >= 15 is 0 Å². The molecule has 0 aromatic heterocycles. The Kier molecular flexibility index (Phi) is 3.82. The molecule has 2 rings (SSSR count). The first kappa shape index (κ1) is 11.9. The molecule has 0 atom stereocenters. The number of rotatable bonds is 3. The Labute approximate surface area is 96.8 Å². The van der Waals surface area contributed by atoms with Crippen LogP contribution in [0.3, 0.4) is 0 Å². The molecule has 4 heteroatoms. The van der Waals surface area contributed by atoms with E-state index in [1.165, 1.54) is 25.7 Å². The number of amides is 1. The van der Waals surface area contributed by atoms with Crippen molar-refractivity contribution in [1.82, 2.24) is 10.6 Å². The van der Waals surface area contributed by atoms with Crippen LogP contribution >= 0.6 is 0 Å². The van der Waals surface area contributed by atoms with Gasteiger partial charge in [0.05, 0.1) is 12.0 Å². The van der Waals surface area contributed by atoms with Crippen LogP contribution in [0.1, 0.15) is 44.9 Å². The topological polar surface area (TPSA) is 61.4 Å². The second-order valence-electron chi connectivity index (χ2n) is 5.26. The second kappa shape index (κ2) is 5.15. The van der Waals surface area contributed by atoms with Gasteiger partial charge in [-0.1, -0.05) is 25.7 Å². The summed E-state index contributed by atoms with van der Waals surface area (Å²) in [6, 6.07) is 0.339. The molecule has 0 bridgehead atoms. The minimum Gasteiger partial charge on any atom is -0.387 e. The number of β-amino-alcohol motifs (C(OH)–C–C–N with tert-alkyl or cyclic N) is 1. The molecule has 0 unspecified atom stereocenters. The van der Waals surface area contributed by atoms with E-state index in [4.69, 9.17) is 0 Å². The lowest BCUT2D eigenvalue weighted by Crippen LogP contribution is -2.61. The quantitative estimate of drug-likeness (QED) is 0.616. The van der Waals surface area contributed by atoms with Crippen LogP contribution < -0.4 is 10.6 Å². The van der Waals surface area contributed by atoms with Crippen molar-refractivity contribution in [2.24, 2.45) is 0 Å². The molecule has 0 spiro atoms. The summed E-state index contributed by atoms with van der Waals surface area (Å²) in [5.74, 6) is 0.0101. The van der Waals surface area contributed by atoms with Gasteiger partial charge in [-0.05, 0) is 12.8 Å². The van der Waals surface area contributed by atoms with Crippen LogP contribution in [0.2, 0.25) is 0 Å². The molecule has 1 amide bonds. The van der Waals surface area contributed by atoms with Gasteiger partial charge in [0.25, 0.3) is 0 Å². The molecule has 4 nitrogen and oxygen atoms in total. The van der Waals surface area contributed by atoms with Crippen molar-refractivity contribution in [3.05, 3.63) is 0 Å². The molecule has 2 aliphatic rings. The largest absolute Gasteiger partial charge is 0.387 e. The average molecular weight is 226 g/mol. The van der Waals surface area contributed by atoms with E-state index in [2.05, 4.69) is 10.6 Å². The third kappa shape index (κ3) is 3.19. The molecular weight excluding hydrogens is 204 g/mol. The Morgan fingerprint density at radius 2 is 1.88 bits per heavy atom. The van der Waals surface area contributed by atoms with Crippen LogP contribution in [0.4, 0.5) is 0 Å². The summed E-state index contributed by atoms with van der Waals surface area (Å²) in [4.78, 5) is 11.7. The number of aliphatic hydroxyl groups is 1. The number of carbonyl (C=O) groups is 1. The molecule has 92 valence electrons. The van der Waals surface area contributed by atoms with E-state index in [0.29, 0.717) is 19.1 Å². The van der Waals surface area contributed by atoms with Crippen molar-refractivity contribution in [3.8, 4) is 0 Å². The van der Waals surface area contributed by atoms with Crippen LogP contribution in [0, 0.1) is 0 Å². The lowest BCUT2D eigenvalue weighted by molar-refractivity contribution is -0.129. The molecule has 0 aromatic rings. The molecule has 1 heterocycles. The van der Waals surface area contributed by atoms with Crippen LogP contribution in [0.5, 0.6) is 0 Å². The second-order valence-corrected chi connectivity index (χ2v) is 5.26. The minimum absolute atomic E-state index is 0.0101. The van der Waals surface area contributed by atoms with Crippen LogP contribution in [0.15, 0.2) is 0 Å². The van der Waals surface area contributed by atoms with Crippen molar-refractivity contribution < 1.29 is 9.90 Å². The predicted octanol–water partition coefficient (Wildman–Crippen LogP) is 0.550. The SMILES string of the molecule is O=C(CC1(O)CNC1)NC1CCCCCC1. The first-order valence-electron chi connectivity index (χ1n) is 6.40. The minimum atomic E-state index is -0.783. The highest BCUT2D eigenvalue weighted by molar-refractivity contribution is 5.77. The van der Waals surface area contributed by atoms with Gasteiger partial charge in [0.2, 0.25) is 5.91 Å². The predicted molar refractivity (Wildman–Crippen MR) is 62.1 cm³/mol. The Balaban J connectivity index is 1.73. The lowest BCUT2D eigenvalue weighted by Gasteiger charge is -2.37. The maximum Gasteiger partial charge on any atom is 0.223 e. The summed E-state index contributed by atoms with van der Waals surface area (Å²) in [7, 11) is 0. The van der Waals surface area contributed by atoms with Gasteiger partial charge in [0.15, 0.2) is 0 Å². The average Bonchev–Trinajstić information content (AvgIpc) is 2.44. The van der Waals surface area contributed by atoms with Crippen LogP contribution in [-0.4, -0.2) is 35.7 Å². The van der Waals surface area contributed by atoms with Gasteiger partial charge < -0.3 is 15.7 Å². The molecule has 16 heavy (non-hydrogen) atoms. The summed E-state index contributed by atoms with van der Waals surface area (Å²) >= 11 is 0. The fourth-order valence-electron chi connectivity index (χ4n) is 2.54. The van der Waals surface area contributed by atoms with Gasteiger partial charge in [-0.3, -0.25) is 4.79 Å². The number of hydrogen-bond donors (Lipinski definition) is 3. The third-order valence-corrected chi connectivity index (χ3v) is 3.62. The van der Waals surface area contributed by atoms with E-state index in [-0.39, 0.29) is 12.3 Å². The molecule has 2 fully saturated rings. The third-order valence-electron chi connectivity index (χ3n) is 3.62. The van der Waals surface area contributed by atoms with Crippen molar-refractivity contribution >= 4 is 5.91 Å². The van der Waals surface area contributed by atoms with Crippen molar-refractivity contribution in [2.45, 2.75) is 56.6 Å². The van der Waals surface area contributed by atoms with Crippen molar-refractivity contribution in [1.29, 1.82) is 0 Å². The number of hydrogen-bond acceptors (Lipinski definition) is 3. The summed E-state index contributed by atoms with van der Waals surface area (Å²) in [6.07, 6.45) is 7.47. The van der Waals surface area contributed by atoms with Crippen molar-refractivity contribution in [3.63, 3.8) is 0 Å². The molecule has 1 aliphatic carbocycles. The monoisotopic (exact) mass is 226 g/mol. The van der Waals surface area contributed by atoms with E-state index < -0.39 is 5.60 Å². The maximum atomic E-state index is 11.7. The standard InChI is InChI=1S/C12H22N2O2/c15-11(7-12(16)8-13-9-12)14-10-5-3-1-2-4-6-10/h10,13,16H,1-9H2,(H,14,15). The van der Waals surface area contributed by atoms with E-state index in [0.717, 1.165) is 12.8 Å². The molecular formula is C12H22N2O2. The number of carbonyl (C=O) groups excluding carboxylic acids is 1. The van der Waals surface area contributed by atoms with E-state index in [1.54, 1.807) is 0 Å². The highest BCUT2D eigenvalue weighted by Gasteiger charge is 2.36. The van der Waals surface area contributed by atoms with Gasteiger partial charge in [-0.2, -0.15) is 0 Å².